The fourth-order valence-electron chi connectivity index (χ4n) is 2.97. The van der Waals surface area contributed by atoms with Crippen molar-refractivity contribution in [1.29, 1.82) is 0 Å². The van der Waals surface area contributed by atoms with Crippen LogP contribution in [0.25, 0.3) is 0 Å². The summed E-state index contributed by atoms with van der Waals surface area (Å²) in [7, 11) is -3.61. The maximum atomic E-state index is 12.9. The Balaban J connectivity index is 1.93. The van der Waals surface area contributed by atoms with Crippen LogP contribution in [-0.4, -0.2) is 37.8 Å². The molecule has 1 fully saturated rings. The molecule has 1 aromatic carbocycles. The quantitative estimate of drug-likeness (QED) is 0.813. The standard InChI is InChI=1S/C19H24N2O5S/c1-14(2)26-18-7-6-16(27(23,24)21-9-4-3-5-10-21)12-17(18)20-19(22)15-8-11-25-13-15/h6-8,11-14H,3-5,9-10H2,1-2H3,(H,20,22). The number of nitrogens with zero attached hydrogens (tertiary/aromatic N) is 1. The highest BCUT2D eigenvalue weighted by atomic mass is 32.2. The molecule has 1 amide bonds. The molecule has 0 atom stereocenters. The highest BCUT2D eigenvalue weighted by molar-refractivity contribution is 7.89. The summed E-state index contributed by atoms with van der Waals surface area (Å²) in [5, 5.41) is 2.73. The SMILES string of the molecule is CC(C)Oc1ccc(S(=O)(=O)N2CCCCC2)cc1NC(=O)c1ccoc1. The fourth-order valence-corrected chi connectivity index (χ4v) is 4.51. The lowest BCUT2D eigenvalue weighted by molar-refractivity contribution is 0.102. The lowest BCUT2D eigenvalue weighted by atomic mass is 10.2. The molecule has 2 heterocycles. The van der Waals surface area contributed by atoms with Gasteiger partial charge in [0.2, 0.25) is 10.0 Å². The normalized spacial score (nSPS) is 15.7. The summed E-state index contributed by atoms with van der Waals surface area (Å²) in [6.07, 6.45) is 5.36. The van der Waals surface area contributed by atoms with Gasteiger partial charge < -0.3 is 14.5 Å². The predicted molar refractivity (Wildman–Crippen MR) is 101 cm³/mol. The zero-order chi connectivity index (χ0) is 19.4. The first-order chi connectivity index (χ1) is 12.9. The van der Waals surface area contributed by atoms with Crippen LogP contribution >= 0.6 is 0 Å². The summed E-state index contributed by atoms with van der Waals surface area (Å²) in [5.74, 6) is 0.0179. The topological polar surface area (TPSA) is 88.9 Å². The maximum absolute atomic E-state index is 12.9. The predicted octanol–water partition coefficient (Wildman–Crippen LogP) is 3.49. The van der Waals surface area contributed by atoms with Crippen molar-refractivity contribution in [3.63, 3.8) is 0 Å². The van der Waals surface area contributed by atoms with Gasteiger partial charge in [0, 0.05) is 13.1 Å². The minimum absolute atomic E-state index is 0.126. The molecule has 0 bridgehead atoms. The Hall–Kier alpha value is -2.32. The van der Waals surface area contributed by atoms with E-state index >= 15 is 0 Å². The van der Waals surface area contributed by atoms with Gasteiger partial charge in [0.1, 0.15) is 12.0 Å². The first kappa shape index (κ1) is 19.4. The van der Waals surface area contributed by atoms with E-state index in [2.05, 4.69) is 5.32 Å². The van der Waals surface area contributed by atoms with Crippen molar-refractivity contribution in [1.82, 2.24) is 4.31 Å². The van der Waals surface area contributed by atoms with Crippen molar-refractivity contribution in [2.75, 3.05) is 18.4 Å². The van der Waals surface area contributed by atoms with Gasteiger partial charge in [-0.05, 0) is 51.0 Å². The van der Waals surface area contributed by atoms with Crippen molar-refractivity contribution in [3.05, 3.63) is 42.4 Å². The van der Waals surface area contributed by atoms with E-state index < -0.39 is 15.9 Å². The van der Waals surface area contributed by atoms with E-state index in [1.54, 1.807) is 6.07 Å². The zero-order valence-electron chi connectivity index (χ0n) is 15.5. The van der Waals surface area contributed by atoms with Crippen LogP contribution < -0.4 is 10.1 Å². The van der Waals surface area contributed by atoms with Gasteiger partial charge in [-0.25, -0.2) is 8.42 Å². The minimum Gasteiger partial charge on any atom is -0.489 e. The van der Waals surface area contributed by atoms with E-state index in [1.165, 1.54) is 35.0 Å². The summed E-state index contributed by atoms with van der Waals surface area (Å²) in [5.41, 5.74) is 0.655. The van der Waals surface area contributed by atoms with E-state index in [0.29, 0.717) is 30.1 Å². The molecular formula is C19H24N2O5S. The van der Waals surface area contributed by atoms with Gasteiger partial charge in [-0.15, -0.1) is 0 Å². The number of furan rings is 1. The molecular weight excluding hydrogens is 368 g/mol. The van der Waals surface area contributed by atoms with E-state index in [0.717, 1.165) is 19.3 Å². The number of carbonyl (C=O) groups excluding carboxylic acids is 1. The van der Waals surface area contributed by atoms with Crippen LogP contribution in [0.15, 0.2) is 46.1 Å². The Morgan fingerprint density at radius 1 is 1.19 bits per heavy atom. The number of ether oxygens (including phenoxy) is 1. The van der Waals surface area contributed by atoms with Crippen molar-refractivity contribution < 1.29 is 22.4 Å². The number of rotatable bonds is 6. The highest BCUT2D eigenvalue weighted by Gasteiger charge is 2.27. The van der Waals surface area contributed by atoms with Gasteiger partial charge in [0.25, 0.3) is 5.91 Å². The minimum atomic E-state index is -3.61. The van der Waals surface area contributed by atoms with Gasteiger partial charge in [0.15, 0.2) is 0 Å². The first-order valence-electron chi connectivity index (χ1n) is 9.02. The summed E-state index contributed by atoms with van der Waals surface area (Å²) < 4.78 is 38.0. The smallest absolute Gasteiger partial charge is 0.259 e. The molecule has 2 aromatic rings. The maximum Gasteiger partial charge on any atom is 0.259 e. The average molecular weight is 392 g/mol. The molecule has 146 valence electrons. The molecule has 0 saturated carbocycles. The Kier molecular flexibility index (Phi) is 5.86. The Morgan fingerprint density at radius 3 is 2.56 bits per heavy atom. The molecule has 0 aliphatic carbocycles. The van der Waals surface area contributed by atoms with Crippen molar-refractivity contribution in [3.8, 4) is 5.75 Å². The van der Waals surface area contributed by atoms with Gasteiger partial charge >= 0.3 is 0 Å². The molecule has 7 nitrogen and oxygen atoms in total. The molecule has 0 radical (unpaired) electrons. The fraction of sp³-hybridized carbons (Fsp3) is 0.421. The van der Waals surface area contributed by atoms with Crippen LogP contribution in [0.3, 0.4) is 0 Å². The second-order valence-corrected chi connectivity index (χ2v) is 8.69. The number of sulfonamides is 1. The van der Waals surface area contributed by atoms with Crippen LogP contribution in [0.5, 0.6) is 5.75 Å². The van der Waals surface area contributed by atoms with Crippen LogP contribution in [-0.2, 0) is 10.0 Å². The molecule has 1 aliphatic heterocycles. The Labute approximate surface area is 159 Å². The number of carbonyl (C=O) groups is 1. The number of nitrogens with one attached hydrogen (secondary N) is 1. The average Bonchev–Trinajstić information content (AvgIpc) is 3.18. The van der Waals surface area contributed by atoms with Crippen LogP contribution in [0.1, 0.15) is 43.5 Å². The number of benzene rings is 1. The number of hydrogen-bond acceptors (Lipinski definition) is 5. The van der Waals surface area contributed by atoms with Crippen LogP contribution in [0, 0.1) is 0 Å². The lowest BCUT2D eigenvalue weighted by Crippen LogP contribution is -2.35. The second-order valence-electron chi connectivity index (χ2n) is 6.76. The molecule has 8 heteroatoms. The zero-order valence-corrected chi connectivity index (χ0v) is 16.3. The summed E-state index contributed by atoms with van der Waals surface area (Å²) in [6.45, 7) is 4.76. The number of anilines is 1. The molecule has 1 saturated heterocycles. The molecule has 0 spiro atoms. The van der Waals surface area contributed by atoms with Gasteiger partial charge in [0.05, 0.1) is 28.5 Å². The highest BCUT2D eigenvalue weighted by Crippen LogP contribution is 2.31. The van der Waals surface area contributed by atoms with Gasteiger partial charge in [-0.3, -0.25) is 4.79 Å². The molecule has 1 aromatic heterocycles. The molecule has 0 unspecified atom stereocenters. The second kappa shape index (κ2) is 8.14. The monoisotopic (exact) mass is 392 g/mol. The molecule has 1 N–H and O–H groups in total. The number of hydrogen-bond donors (Lipinski definition) is 1. The summed E-state index contributed by atoms with van der Waals surface area (Å²) in [4.78, 5) is 12.5. The number of piperidine rings is 1. The third kappa shape index (κ3) is 4.51. The van der Waals surface area contributed by atoms with E-state index in [9.17, 15) is 13.2 Å². The van der Waals surface area contributed by atoms with Crippen molar-refractivity contribution >= 4 is 21.6 Å². The number of amides is 1. The van der Waals surface area contributed by atoms with E-state index in [-0.39, 0.29) is 11.0 Å². The summed E-state index contributed by atoms with van der Waals surface area (Å²) >= 11 is 0. The van der Waals surface area contributed by atoms with Crippen LogP contribution in [0.4, 0.5) is 5.69 Å². The third-order valence-electron chi connectivity index (χ3n) is 4.30. The van der Waals surface area contributed by atoms with Crippen LogP contribution in [0.2, 0.25) is 0 Å². The molecule has 1 aliphatic rings. The Morgan fingerprint density at radius 2 is 1.93 bits per heavy atom. The van der Waals surface area contributed by atoms with E-state index in [1.807, 2.05) is 13.8 Å². The molecule has 27 heavy (non-hydrogen) atoms. The summed E-state index contributed by atoms with van der Waals surface area (Å²) in [6, 6.07) is 6.10. The lowest BCUT2D eigenvalue weighted by Gasteiger charge is -2.26. The Bertz CT molecular complexity index is 885. The first-order valence-corrected chi connectivity index (χ1v) is 10.5. The molecule has 3 rings (SSSR count). The van der Waals surface area contributed by atoms with Gasteiger partial charge in [-0.1, -0.05) is 6.42 Å². The van der Waals surface area contributed by atoms with Gasteiger partial charge in [-0.2, -0.15) is 4.31 Å². The third-order valence-corrected chi connectivity index (χ3v) is 6.19. The largest absolute Gasteiger partial charge is 0.489 e. The van der Waals surface area contributed by atoms with Crippen molar-refractivity contribution in [2.45, 2.75) is 44.1 Å². The van der Waals surface area contributed by atoms with Crippen molar-refractivity contribution in [2.24, 2.45) is 0 Å². The van der Waals surface area contributed by atoms with E-state index in [4.69, 9.17) is 9.15 Å².